The number of hydrogen-bond donors (Lipinski definition) is 0. The Hall–Kier alpha value is -2.81. The third-order valence-corrected chi connectivity index (χ3v) is 4.03. The number of benzene rings is 1. The lowest BCUT2D eigenvalue weighted by Crippen LogP contribution is -2.36. The summed E-state index contributed by atoms with van der Waals surface area (Å²) >= 11 is 0. The monoisotopic (exact) mass is 339 g/mol. The number of likely N-dealkylation sites (tertiary alicyclic amines) is 1. The van der Waals surface area contributed by atoms with E-state index in [-0.39, 0.29) is 12.1 Å². The smallest absolute Gasteiger partial charge is 0.410 e. The summed E-state index contributed by atoms with van der Waals surface area (Å²) in [7, 11) is 0. The summed E-state index contributed by atoms with van der Waals surface area (Å²) in [5.74, 6) is 0.586. The lowest BCUT2D eigenvalue weighted by atomic mass is 10.1. The normalized spacial score (nSPS) is 17.4. The number of rotatable bonds is 2. The standard InChI is InChI=1S/C19H21N3O3/c1-19(2,3)24-18(23)22-9-5-8-16(22)15-11-17(25-21-15)14-7-4-6-13(10-14)12-20/h4,6-7,10-11,16H,5,8-9H2,1-3H3. The van der Waals surface area contributed by atoms with Crippen LogP contribution in [-0.4, -0.2) is 28.3 Å². The average molecular weight is 339 g/mol. The topological polar surface area (TPSA) is 79.4 Å². The van der Waals surface area contributed by atoms with Crippen LogP contribution in [0.4, 0.5) is 4.79 Å². The first kappa shape index (κ1) is 17.0. The first-order chi connectivity index (χ1) is 11.9. The molecule has 2 aromatic rings. The minimum Gasteiger partial charge on any atom is -0.444 e. The SMILES string of the molecule is CC(C)(C)OC(=O)N1CCCC1c1cc(-c2cccc(C#N)c2)on1. The van der Waals surface area contributed by atoms with Crippen molar-refractivity contribution < 1.29 is 14.1 Å². The second-order valence-electron chi connectivity index (χ2n) is 7.14. The van der Waals surface area contributed by atoms with Crippen LogP contribution in [0.15, 0.2) is 34.9 Å². The highest BCUT2D eigenvalue weighted by Crippen LogP contribution is 2.34. The third kappa shape index (κ3) is 3.82. The van der Waals surface area contributed by atoms with Gasteiger partial charge in [-0.25, -0.2) is 4.79 Å². The van der Waals surface area contributed by atoms with E-state index < -0.39 is 5.60 Å². The fourth-order valence-corrected chi connectivity index (χ4v) is 2.94. The van der Waals surface area contributed by atoms with E-state index in [2.05, 4.69) is 11.2 Å². The number of ether oxygens (including phenoxy) is 1. The largest absolute Gasteiger partial charge is 0.444 e. The highest BCUT2D eigenvalue weighted by Gasteiger charge is 2.35. The van der Waals surface area contributed by atoms with E-state index in [0.29, 0.717) is 23.6 Å². The number of carbonyl (C=O) groups excluding carboxylic acids is 1. The Balaban J connectivity index is 1.81. The maximum atomic E-state index is 12.4. The van der Waals surface area contributed by atoms with Gasteiger partial charge >= 0.3 is 6.09 Å². The molecular weight excluding hydrogens is 318 g/mol. The first-order valence-electron chi connectivity index (χ1n) is 8.34. The zero-order valence-electron chi connectivity index (χ0n) is 14.7. The summed E-state index contributed by atoms with van der Waals surface area (Å²) in [5, 5.41) is 13.2. The van der Waals surface area contributed by atoms with Crippen LogP contribution in [0.25, 0.3) is 11.3 Å². The molecule has 130 valence electrons. The Kier molecular flexibility index (Phi) is 4.49. The number of hydrogen-bond acceptors (Lipinski definition) is 5. The van der Waals surface area contributed by atoms with Crippen LogP contribution >= 0.6 is 0 Å². The molecule has 1 saturated heterocycles. The van der Waals surface area contributed by atoms with E-state index in [1.165, 1.54) is 0 Å². The van der Waals surface area contributed by atoms with Gasteiger partial charge in [0.15, 0.2) is 5.76 Å². The van der Waals surface area contributed by atoms with Gasteiger partial charge in [-0.2, -0.15) is 5.26 Å². The maximum absolute atomic E-state index is 12.4. The van der Waals surface area contributed by atoms with Crippen LogP contribution in [0.2, 0.25) is 0 Å². The Morgan fingerprint density at radius 3 is 2.92 bits per heavy atom. The van der Waals surface area contributed by atoms with E-state index in [1.807, 2.05) is 32.9 Å². The van der Waals surface area contributed by atoms with Crippen LogP contribution in [0.3, 0.4) is 0 Å². The molecule has 0 bridgehead atoms. The molecule has 0 radical (unpaired) electrons. The van der Waals surface area contributed by atoms with E-state index in [4.69, 9.17) is 14.5 Å². The Morgan fingerprint density at radius 1 is 1.40 bits per heavy atom. The number of amides is 1. The molecular formula is C19H21N3O3. The fraction of sp³-hybridized carbons (Fsp3) is 0.421. The number of carbonyl (C=O) groups is 1. The molecule has 3 rings (SSSR count). The van der Waals surface area contributed by atoms with Gasteiger partial charge in [-0.3, -0.25) is 4.90 Å². The molecule has 1 aromatic carbocycles. The van der Waals surface area contributed by atoms with Gasteiger partial charge in [-0.05, 0) is 45.7 Å². The maximum Gasteiger partial charge on any atom is 0.410 e. The van der Waals surface area contributed by atoms with Gasteiger partial charge in [-0.15, -0.1) is 0 Å². The van der Waals surface area contributed by atoms with Gasteiger partial charge in [0.1, 0.15) is 11.3 Å². The summed E-state index contributed by atoms with van der Waals surface area (Å²) in [4.78, 5) is 14.1. The average Bonchev–Trinajstić information content (AvgIpc) is 3.22. The molecule has 1 aliphatic rings. The molecule has 6 nitrogen and oxygen atoms in total. The molecule has 1 atom stereocenters. The van der Waals surface area contributed by atoms with Gasteiger partial charge in [-0.1, -0.05) is 17.3 Å². The molecule has 6 heteroatoms. The quantitative estimate of drug-likeness (QED) is 0.815. The summed E-state index contributed by atoms with van der Waals surface area (Å²) in [6, 6.07) is 11.0. The summed E-state index contributed by atoms with van der Waals surface area (Å²) in [6.45, 7) is 6.21. The van der Waals surface area contributed by atoms with Crippen LogP contribution in [0, 0.1) is 11.3 Å². The van der Waals surface area contributed by atoms with Gasteiger partial charge in [0.25, 0.3) is 0 Å². The molecule has 0 spiro atoms. The van der Waals surface area contributed by atoms with Crippen molar-refractivity contribution >= 4 is 6.09 Å². The van der Waals surface area contributed by atoms with Crippen molar-refractivity contribution in [1.82, 2.24) is 10.1 Å². The molecule has 1 amide bonds. The van der Waals surface area contributed by atoms with Crippen molar-refractivity contribution in [3.8, 4) is 17.4 Å². The summed E-state index contributed by atoms with van der Waals surface area (Å²) < 4.78 is 10.9. The summed E-state index contributed by atoms with van der Waals surface area (Å²) in [6.07, 6.45) is 1.39. The minimum absolute atomic E-state index is 0.147. The van der Waals surface area contributed by atoms with Crippen molar-refractivity contribution in [3.05, 3.63) is 41.6 Å². The molecule has 0 saturated carbocycles. The Labute approximate surface area is 147 Å². The predicted octanol–water partition coefficient (Wildman–Crippen LogP) is 4.29. The molecule has 1 fully saturated rings. The predicted molar refractivity (Wildman–Crippen MR) is 91.6 cm³/mol. The molecule has 2 heterocycles. The zero-order valence-corrected chi connectivity index (χ0v) is 14.7. The highest BCUT2D eigenvalue weighted by atomic mass is 16.6. The molecule has 0 aliphatic carbocycles. The zero-order chi connectivity index (χ0) is 18.0. The fourth-order valence-electron chi connectivity index (χ4n) is 2.94. The van der Waals surface area contributed by atoms with Crippen molar-refractivity contribution in [3.63, 3.8) is 0 Å². The van der Waals surface area contributed by atoms with Crippen molar-refractivity contribution in [2.75, 3.05) is 6.54 Å². The van der Waals surface area contributed by atoms with E-state index in [0.717, 1.165) is 18.4 Å². The van der Waals surface area contributed by atoms with Crippen LogP contribution in [-0.2, 0) is 4.74 Å². The van der Waals surface area contributed by atoms with Crippen molar-refractivity contribution in [1.29, 1.82) is 5.26 Å². The van der Waals surface area contributed by atoms with Crippen LogP contribution < -0.4 is 0 Å². The van der Waals surface area contributed by atoms with Gasteiger partial charge in [0.05, 0.1) is 17.7 Å². The first-order valence-corrected chi connectivity index (χ1v) is 8.34. The number of nitriles is 1. The van der Waals surface area contributed by atoms with Crippen molar-refractivity contribution in [2.45, 2.75) is 45.3 Å². The lowest BCUT2D eigenvalue weighted by molar-refractivity contribution is 0.0219. The molecule has 1 aromatic heterocycles. The summed E-state index contributed by atoms with van der Waals surface area (Å²) in [5.41, 5.74) is 1.53. The number of aromatic nitrogens is 1. The second kappa shape index (κ2) is 6.60. The molecule has 25 heavy (non-hydrogen) atoms. The minimum atomic E-state index is -0.531. The van der Waals surface area contributed by atoms with E-state index in [9.17, 15) is 4.79 Å². The van der Waals surface area contributed by atoms with Gasteiger partial charge < -0.3 is 9.26 Å². The van der Waals surface area contributed by atoms with Crippen LogP contribution in [0.5, 0.6) is 0 Å². The Morgan fingerprint density at radius 2 is 2.20 bits per heavy atom. The van der Waals surface area contributed by atoms with Crippen molar-refractivity contribution in [2.24, 2.45) is 0 Å². The third-order valence-electron chi connectivity index (χ3n) is 4.03. The lowest BCUT2D eigenvalue weighted by Gasteiger charge is -2.27. The molecule has 0 N–H and O–H groups in total. The Bertz CT molecular complexity index is 814. The van der Waals surface area contributed by atoms with E-state index >= 15 is 0 Å². The second-order valence-corrected chi connectivity index (χ2v) is 7.14. The number of nitrogens with zero attached hydrogens (tertiary/aromatic N) is 3. The molecule has 1 unspecified atom stereocenters. The van der Waals surface area contributed by atoms with Crippen LogP contribution in [0.1, 0.15) is 50.9 Å². The van der Waals surface area contributed by atoms with Gasteiger partial charge in [0, 0.05) is 18.2 Å². The highest BCUT2D eigenvalue weighted by molar-refractivity contribution is 5.69. The molecule has 1 aliphatic heterocycles. The van der Waals surface area contributed by atoms with Gasteiger partial charge in [0.2, 0.25) is 0 Å². The van der Waals surface area contributed by atoms with E-state index in [1.54, 1.807) is 23.1 Å².